The molecule has 0 unspecified atom stereocenters. The van der Waals surface area contributed by atoms with E-state index in [0.29, 0.717) is 17.2 Å². The Balaban J connectivity index is 2.20. The van der Waals surface area contributed by atoms with Crippen molar-refractivity contribution >= 4 is 51.6 Å². The highest BCUT2D eigenvalue weighted by atomic mass is 127. The van der Waals surface area contributed by atoms with E-state index in [1.807, 2.05) is 19.1 Å². The van der Waals surface area contributed by atoms with Gasteiger partial charge < -0.3 is 4.74 Å². The lowest BCUT2D eigenvalue weighted by Gasteiger charge is -2.09. The summed E-state index contributed by atoms with van der Waals surface area (Å²) >= 11 is 3.13. The first-order valence-corrected chi connectivity index (χ1v) is 8.57. The lowest BCUT2D eigenvalue weighted by molar-refractivity contribution is -0.122. The van der Waals surface area contributed by atoms with Gasteiger partial charge in [0.1, 0.15) is 12.4 Å². The van der Waals surface area contributed by atoms with E-state index in [1.165, 1.54) is 4.90 Å². The van der Waals surface area contributed by atoms with E-state index in [-0.39, 0.29) is 17.8 Å². The number of rotatable bonds is 5. The van der Waals surface area contributed by atoms with Crippen molar-refractivity contribution in [1.29, 1.82) is 0 Å². The van der Waals surface area contributed by atoms with E-state index in [2.05, 4.69) is 28.5 Å². The molecule has 0 N–H and O–H groups in total. The number of nitrogens with zero attached hydrogens (tertiary/aromatic N) is 1. The second-order valence-corrected chi connectivity index (χ2v) is 6.67. The molecule has 1 aliphatic heterocycles. The maximum atomic E-state index is 12.2. The largest absolute Gasteiger partial charge is 0.480 e. The molecule has 2 rings (SSSR count). The molecule has 114 valence electrons. The van der Waals surface area contributed by atoms with Gasteiger partial charge in [0.05, 0.1) is 8.48 Å². The molecule has 1 aromatic carbocycles. The summed E-state index contributed by atoms with van der Waals surface area (Å²) in [7, 11) is 0. The number of hydrogen-bond acceptors (Lipinski definition) is 4. The predicted octanol–water partition coefficient (Wildman–Crippen LogP) is 3.75. The molecule has 4 nitrogen and oxygen atoms in total. The van der Waals surface area contributed by atoms with Gasteiger partial charge in [0, 0.05) is 6.54 Å². The number of carbonyl (C=O) groups excluding carboxylic acids is 2. The van der Waals surface area contributed by atoms with Crippen LogP contribution in [0.25, 0.3) is 6.08 Å². The van der Waals surface area contributed by atoms with Crippen molar-refractivity contribution in [3.8, 4) is 18.1 Å². The number of halogens is 1. The van der Waals surface area contributed by atoms with Crippen LogP contribution in [0, 0.1) is 15.9 Å². The third-order valence-electron chi connectivity index (χ3n) is 2.89. The van der Waals surface area contributed by atoms with E-state index < -0.39 is 0 Å². The van der Waals surface area contributed by atoms with Crippen molar-refractivity contribution in [1.82, 2.24) is 4.90 Å². The maximum absolute atomic E-state index is 12.2. The van der Waals surface area contributed by atoms with Gasteiger partial charge in [0.15, 0.2) is 0 Å². The summed E-state index contributed by atoms with van der Waals surface area (Å²) in [6, 6.07) is 5.53. The molecule has 0 atom stereocenters. The molecular formula is C16H14INO3S. The molecule has 1 aliphatic rings. The number of amides is 2. The third-order valence-corrected chi connectivity index (χ3v) is 4.64. The van der Waals surface area contributed by atoms with Crippen LogP contribution in [0.2, 0.25) is 0 Å². The minimum atomic E-state index is -0.223. The summed E-state index contributed by atoms with van der Waals surface area (Å²) in [6.07, 6.45) is 7.65. The highest BCUT2D eigenvalue weighted by Crippen LogP contribution is 2.33. The molecule has 22 heavy (non-hydrogen) atoms. The maximum Gasteiger partial charge on any atom is 0.293 e. The van der Waals surface area contributed by atoms with Gasteiger partial charge >= 0.3 is 0 Å². The van der Waals surface area contributed by atoms with Crippen LogP contribution >= 0.6 is 34.4 Å². The van der Waals surface area contributed by atoms with E-state index in [0.717, 1.165) is 27.3 Å². The summed E-state index contributed by atoms with van der Waals surface area (Å²) in [6.45, 7) is 2.61. The first-order chi connectivity index (χ1) is 10.6. The van der Waals surface area contributed by atoms with Gasteiger partial charge in [-0.05, 0) is 64.5 Å². The van der Waals surface area contributed by atoms with Gasteiger partial charge in [-0.25, -0.2) is 0 Å². The van der Waals surface area contributed by atoms with Crippen LogP contribution in [0.3, 0.4) is 0 Å². The fourth-order valence-corrected chi connectivity index (χ4v) is 3.47. The summed E-state index contributed by atoms with van der Waals surface area (Å²) < 4.78 is 6.30. The topological polar surface area (TPSA) is 46.6 Å². The molecule has 0 spiro atoms. The molecule has 1 saturated heterocycles. The zero-order valence-electron chi connectivity index (χ0n) is 12.0. The zero-order chi connectivity index (χ0) is 16.1. The van der Waals surface area contributed by atoms with Crippen LogP contribution in [0.1, 0.15) is 18.9 Å². The number of ether oxygens (including phenoxy) is 1. The Morgan fingerprint density at radius 1 is 1.45 bits per heavy atom. The first kappa shape index (κ1) is 16.9. The highest BCUT2D eigenvalue weighted by molar-refractivity contribution is 14.1. The molecule has 6 heteroatoms. The van der Waals surface area contributed by atoms with Gasteiger partial charge in [-0.3, -0.25) is 14.5 Å². The molecular weight excluding hydrogens is 413 g/mol. The standard InChI is InChI=1S/C16H14INO3S/c1-3-7-18-15(19)14(22-16(18)20)10-11-5-6-13(12(17)9-11)21-8-4-2/h2,5-6,9-10H,3,7-8H2,1H3/b14-10+. The number of terminal acetylenes is 1. The molecule has 0 saturated carbocycles. The minimum Gasteiger partial charge on any atom is -0.480 e. The molecule has 1 aromatic rings. The molecule has 0 radical (unpaired) electrons. The van der Waals surface area contributed by atoms with Crippen molar-refractivity contribution in [2.24, 2.45) is 0 Å². The lowest BCUT2D eigenvalue weighted by atomic mass is 10.2. The second-order valence-electron chi connectivity index (χ2n) is 4.52. The average Bonchev–Trinajstić information content (AvgIpc) is 2.74. The Labute approximate surface area is 147 Å². The van der Waals surface area contributed by atoms with Crippen LogP contribution < -0.4 is 4.74 Å². The summed E-state index contributed by atoms with van der Waals surface area (Å²) in [5, 5.41) is -0.207. The van der Waals surface area contributed by atoms with Crippen molar-refractivity contribution in [3.63, 3.8) is 0 Å². The van der Waals surface area contributed by atoms with Gasteiger partial charge in [0.2, 0.25) is 0 Å². The van der Waals surface area contributed by atoms with Crippen molar-refractivity contribution in [2.75, 3.05) is 13.2 Å². The minimum absolute atomic E-state index is 0.207. The van der Waals surface area contributed by atoms with E-state index in [9.17, 15) is 9.59 Å². The zero-order valence-corrected chi connectivity index (χ0v) is 14.9. The number of benzene rings is 1. The Hall–Kier alpha value is -1.46. The summed E-state index contributed by atoms with van der Waals surface area (Å²) in [5.41, 5.74) is 0.847. The van der Waals surface area contributed by atoms with Crippen LogP contribution in [-0.4, -0.2) is 29.2 Å². The number of imide groups is 1. The Morgan fingerprint density at radius 2 is 2.23 bits per heavy atom. The van der Waals surface area contributed by atoms with Crippen LogP contribution in [0.5, 0.6) is 5.75 Å². The van der Waals surface area contributed by atoms with E-state index >= 15 is 0 Å². The molecule has 0 bridgehead atoms. The third kappa shape index (κ3) is 3.84. The van der Waals surface area contributed by atoms with Crippen molar-refractivity contribution in [3.05, 3.63) is 32.2 Å². The first-order valence-electron chi connectivity index (χ1n) is 6.68. The Morgan fingerprint density at radius 3 is 2.86 bits per heavy atom. The fourth-order valence-electron chi connectivity index (χ4n) is 1.91. The van der Waals surface area contributed by atoms with E-state index in [1.54, 1.807) is 12.1 Å². The second kappa shape index (κ2) is 7.70. The number of hydrogen-bond donors (Lipinski definition) is 0. The van der Waals surface area contributed by atoms with Gasteiger partial charge in [-0.15, -0.1) is 6.42 Å². The summed E-state index contributed by atoms with van der Waals surface area (Å²) in [5.74, 6) is 2.90. The highest BCUT2D eigenvalue weighted by Gasteiger charge is 2.34. The fraction of sp³-hybridized carbons (Fsp3) is 0.250. The number of thioether (sulfide) groups is 1. The van der Waals surface area contributed by atoms with Gasteiger partial charge in [0.25, 0.3) is 11.1 Å². The Kier molecular flexibility index (Phi) is 5.91. The SMILES string of the molecule is C#CCOc1ccc(/C=C2/SC(=O)N(CCC)C2=O)cc1I. The molecule has 1 heterocycles. The quantitative estimate of drug-likeness (QED) is 0.408. The molecule has 1 fully saturated rings. The Bertz CT molecular complexity index is 678. The number of carbonyl (C=O) groups is 2. The van der Waals surface area contributed by atoms with Crippen molar-refractivity contribution in [2.45, 2.75) is 13.3 Å². The van der Waals surface area contributed by atoms with E-state index in [4.69, 9.17) is 11.2 Å². The molecule has 0 aliphatic carbocycles. The van der Waals surface area contributed by atoms with Crippen LogP contribution in [-0.2, 0) is 4.79 Å². The normalized spacial score (nSPS) is 16.2. The van der Waals surface area contributed by atoms with Crippen LogP contribution in [0.4, 0.5) is 4.79 Å². The molecule has 0 aromatic heterocycles. The lowest BCUT2D eigenvalue weighted by Crippen LogP contribution is -2.28. The predicted molar refractivity (Wildman–Crippen MR) is 96.5 cm³/mol. The van der Waals surface area contributed by atoms with Crippen LogP contribution in [0.15, 0.2) is 23.1 Å². The summed E-state index contributed by atoms with van der Waals surface area (Å²) in [4.78, 5) is 25.7. The van der Waals surface area contributed by atoms with Gasteiger partial charge in [-0.1, -0.05) is 18.9 Å². The van der Waals surface area contributed by atoms with Crippen molar-refractivity contribution < 1.29 is 14.3 Å². The molecule has 2 amide bonds. The van der Waals surface area contributed by atoms with Gasteiger partial charge in [-0.2, -0.15) is 0 Å². The average molecular weight is 427 g/mol. The monoisotopic (exact) mass is 427 g/mol. The smallest absolute Gasteiger partial charge is 0.293 e.